The topological polar surface area (TPSA) is 103 Å². The van der Waals surface area contributed by atoms with Gasteiger partial charge >= 0.3 is 12.2 Å². The molecule has 4 rings (SSSR count). The first-order valence-corrected chi connectivity index (χ1v) is 11.2. The molecular weight excluding hydrogens is 485 g/mol. The third-order valence-electron chi connectivity index (χ3n) is 5.71. The number of fused-ring (bicyclic) bond motifs is 1. The minimum atomic E-state index is -4.53. The lowest BCUT2D eigenvalue weighted by molar-refractivity contribution is -0.137. The zero-order valence-corrected chi connectivity index (χ0v) is 19.4. The Morgan fingerprint density at radius 1 is 1.26 bits per heavy atom. The number of H-pyrrole nitrogens is 1. The number of hydrogen-bond donors (Lipinski definition) is 3. The van der Waals surface area contributed by atoms with E-state index >= 15 is 0 Å². The Bertz CT molecular complexity index is 1260. The number of carbonyl (C=O) groups excluding carboxylic acids is 2. The molecule has 0 radical (unpaired) electrons. The van der Waals surface area contributed by atoms with Crippen LogP contribution in [0.4, 0.5) is 23.7 Å². The van der Waals surface area contributed by atoms with E-state index in [0.29, 0.717) is 24.9 Å². The number of rotatable bonds is 5. The molecule has 0 atom stereocenters. The minimum Gasteiger partial charge on any atom is -0.350 e. The number of anilines is 1. The highest BCUT2D eigenvalue weighted by atomic mass is 35.5. The van der Waals surface area contributed by atoms with Crippen LogP contribution in [0.5, 0.6) is 0 Å². The number of urea groups is 1. The standard InChI is InChI=1S/C23H22ClF3N6O2/c1-13-4-2-3-5-17(13)30-22(35)33-9-7-15-19(12-33)31-32-20(15)21(34)28-8-6-18-16(24)10-14(11-29-18)23(25,26)27/h2-5,10-11H,6-9,12H2,1H3,(H,28,34)(H,30,35)(H,31,32). The second-order valence-corrected chi connectivity index (χ2v) is 8.51. The maximum Gasteiger partial charge on any atom is 0.417 e. The lowest BCUT2D eigenvalue weighted by atomic mass is 10.0. The summed E-state index contributed by atoms with van der Waals surface area (Å²) in [5.74, 6) is -0.427. The molecule has 1 aliphatic rings. The van der Waals surface area contributed by atoms with Gasteiger partial charge in [-0.05, 0) is 31.0 Å². The molecule has 3 aromatic rings. The van der Waals surface area contributed by atoms with Gasteiger partial charge in [-0.1, -0.05) is 29.8 Å². The molecule has 184 valence electrons. The zero-order valence-electron chi connectivity index (χ0n) is 18.7. The van der Waals surface area contributed by atoms with Crippen LogP contribution in [0.25, 0.3) is 0 Å². The quantitative estimate of drug-likeness (QED) is 0.478. The molecule has 1 aromatic carbocycles. The third kappa shape index (κ3) is 5.56. The van der Waals surface area contributed by atoms with E-state index in [1.54, 1.807) is 4.90 Å². The average Bonchev–Trinajstić information content (AvgIpc) is 3.24. The van der Waals surface area contributed by atoms with E-state index in [4.69, 9.17) is 11.6 Å². The van der Waals surface area contributed by atoms with Crippen LogP contribution in [0, 0.1) is 6.92 Å². The summed E-state index contributed by atoms with van der Waals surface area (Å²) in [7, 11) is 0. The normalized spacial score (nSPS) is 13.3. The SMILES string of the molecule is Cc1ccccc1NC(=O)N1CCc2c(C(=O)NCCc3ncc(C(F)(F)F)cc3Cl)n[nH]c2C1. The predicted octanol–water partition coefficient (Wildman–Crippen LogP) is 4.35. The molecule has 3 heterocycles. The molecule has 0 saturated carbocycles. The largest absolute Gasteiger partial charge is 0.417 e. The average molecular weight is 507 g/mol. The first-order valence-electron chi connectivity index (χ1n) is 10.8. The predicted molar refractivity (Wildman–Crippen MR) is 123 cm³/mol. The molecule has 3 amide bonds. The molecule has 0 fully saturated rings. The number of carbonyl (C=O) groups is 2. The molecule has 8 nitrogen and oxygen atoms in total. The van der Waals surface area contributed by atoms with E-state index in [-0.39, 0.29) is 42.0 Å². The number of aromatic amines is 1. The van der Waals surface area contributed by atoms with Crippen molar-refractivity contribution < 1.29 is 22.8 Å². The van der Waals surface area contributed by atoms with Crippen molar-refractivity contribution in [1.29, 1.82) is 0 Å². The van der Waals surface area contributed by atoms with Crippen LogP contribution in [0.3, 0.4) is 0 Å². The van der Waals surface area contributed by atoms with Crippen molar-refractivity contribution in [3.05, 3.63) is 75.3 Å². The van der Waals surface area contributed by atoms with Gasteiger partial charge in [0.1, 0.15) is 0 Å². The van der Waals surface area contributed by atoms with E-state index in [0.717, 1.165) is 22.9 Å². The van der Waals surface area contributed by atoms with Gasteiger partial charge in [0, 0.05) is 37.0 Å². The van der Waals surface area contributed by atoms with Gasteiger partial charge < -0.3 is 15.5 Å². The number of amides is 3. The summed E-state index contributed by atoms with van der Waals surface area (Å²) in [6.07, 6.45) is -3.21. The summed E-state index contributed by atoms with van der Waals surface area (Å²) in [6, 6.07) is 8.05. The highest BCUT2D eigenvalue weighted by molar-refractivity contribution is 6.31. The number of pyridine rings is 1. The van der Waals surface area contributed by atoms with Crippen LogP contribution in [0.1, 0.15) is 38.6 Å². The number of hydrogen-bond acceptors (Lipinski definition) is 4. The van der Waals surface area contributed by atoms with Crippen LogP contribution >= 0.6 is 11.6 Å². The van der Waals surface area contributed by atoms with Crippen LogP contribution in [-0.4, -0.2) is 45.1 Å². The van der Waals surface area contributed by atoms with Gasteiger partial charge in [0.2, 0.25) is 0 Å². The van der Waals surface area contributed by atoms with E-state index in [2.05, 4.69) is 25.8 Å². The summed E-state index contributed by atoms with van der Waals surface area (Å²) < 4.78 is 38.2. The molecule has 12 heteroatoms. The molecule has 0 aliphatic carbocycles. The Hall–Kier alpha value is -3.60. The van der Waals surface area contributed by atoms with Crippen molar-refractivity contribution in [3.8, 4) is 0 Å². The number of aromatic nitrogens is 3. The van der Waals surface area contributed by atoms with E-state index in [9.17, 15) is 22.8 Å². The fraction of sp³-hybridized carbons (Fsp3) is 0.304. The third-order valence-corrected chi connectivity index (χ3v) is 6.04. The van der Waals surface area contributed by atoms with Crippen molar-refractivity contribution >= 4 is 29.2 Å². The number of para-hydroxylation sites is 1. The second-order valence-electron chi connectivity index (χ2n) is 8.10. The number of halogens is 4. The molecule has 0 bridgehead atoms. The molecule has 2 aromatic heterocycles. The summed E-state index contributed by atoms with van der Waals surface area (Å²) in [5, 5.41) is 12.4. The van der Waals surface area contributed by atoms with Gasteiger partial charge in [0.25, 0.3) is 5.91 Å². The zero-order chi connectivity index (χ0) is 25.2. The Morgan fingerprint density at radius 2 is 2.03 bits per heavy atom. The van der Waals surface area contributed by atoms with Gasteiger partial charge in [-0.2, -0.15) is 18.3 Å². The number of benzene rings is 1. The van der Waals surface area contributed by atoms with Crippen molar-refractivity contribution in [1.82, 2.24) is 25.4 Å². The summed E-state index contributed by atoms with van der Waals surface area (Å²) in [4.78, 5) is 30.7. The minimum absolute atomic E-state index is 0.115. The van der Waals surface area contributed by atoms with Crippen LogP contribution in [0.15, 0.2) is 36.5 Å². The van der Waals surface area contributed by atoms with Gasteiger partial charge in [-0.3, -0.25) is 14.9 Å². The van der Waals surface area contributed by atoms with E-state index in [1.807, 2.05) is 31.2 Å². The van der Waals surface area contributed by atoms with Gasteiger partial charge in [0.05, 0.1) is 28.5 Å². The van der Waals surface area contributed by atoms with Crippen LogP contribution in [-0.2, 0) is 25.6 Å². The molecule has 35 heavy (non-hydrogen) atoms. The molecule has 0 spiro atoms. The Kier molecular flexibility index (Phi) is 6.97. The Labute approximate surface area is 203 Å². The number of nitrogens with one attached hydrogen (secondary N) is 3. The molecule has 1 aliphatic heterocycles. The number of nitrogens with zero attached hydrogens (tertiary/aromatic N) is 3. The van der Waals surface area contributed by atoms with Crippen LogP contribution < -0.4 is 10.6 Å². The van der Waals surface area contributed by atoms with Gasteiger partial charge in [0.15, 0.2) is 5.69 Å². The summed E-state index contributed by atoms with van der Waals surface area (Å²) in [6.45, 7) is 2.71. The van der Waals surface area contributed by atoms with Crippen molar-refractivity contribution in [3.63, 3.8) is 0 Å². The fourth-order valence-corrected chi connectivity index (χ4v) is 4.03. The van der Waals surface area contributed by atoms with Crippen molar-refractivity contribution in [2.45, 2.75) is 32.5 Å². The highest BCUT2D eigenvalue weighted by Gasteiger charge is 2.31. The maximum atomic E-state index is 12.7. The maximum absolute atomic E-state index is 12.7. The Morgan fingerprint density at radius 3 is 2.74 bits per heavy atom. The van der Waals surface area contributed by atoms with E-state index in [1.165, 1.54) is 0 Å². The number of alkyl halides is 3. The molecule has 0 saturated heterocycles. The smallest absolute Gasteiger partial charge is 0.350 e. The lowest BCUT2D eigenvalue weighted by Crippen LogP contribution is -2.39. The lowest BCUT2D eigenvalue weighted by Gasteiger charge is -2.27. The molecular formula is C23H22ClF3N6O2. The second kappa shape index (κ2) is 9.95. The van der Waals surface area contributed by atoms with Crippen molar-refractivity contribution in [2.75, 3.05) is 18.4 Å². The monoisotopic (exact) mass is 506 g/mol. The summed E-state index contributed by atoms with van der Waals surface area (Å²) >= 11 is 5.91. The van der Waals surface area contributed by atoms with Crippen LogP contribution in [0.2, 0.25) is 5.02 Å². The first-order chi connectivity index (χ1) is 16.6. The van der Waals surface area contributed by atoms with E-state index < -0.39 is 17.6 Å². The molecule has 3 N–H and O–H groups in total. The first kappa shape index (κ1) is 24.5. The Balaban J connectivity index is 1.33. The fourth-order valence-electron chi connectivity index (χ4n) is 3.77. The van der Waals surface area contributed by atoms with Gasteiger partial charge in [-0.15, -0.1) is 0 Å². The summed E-state index contributed by atoms with van der Waals surface area (Å²) in [5.41, 5.74) is 2.63. The number of aryl methyl sites for hydroxylation is 1. The highest BCUT2D eigenvalue weighted by Crippen LogP contribution is 2.31. The van der Waals surface area contributed by atoms with Gasteiger partial charge in [-0.25, -0.2) is 4.79 Å². The van der Waals surface area contributed by atoms with Crippen molar-refractivity contribution in [2.24, 2.45) is 0 Å². The molecule has 0 unspecified atom stereocenters.